The second-order valence-corrected chi connectivity index (χ2v) is 10.9. The van der Waals surface area contributed by atoms with Gasteiger partial charge in [0.1, 0.15) is 5.02 Å². The van der Waals surface area contributed by atoms with Crippen LogP contribution in [0.3, 0.4) is 0 Å². The summed E-state index contributed by atoms with van der Waals surface area (Å²) in [5, 5.41) is 7.60. The second-order valence-electron chi connectivity index (χ2n) is 8.61. The van der Waals surface area contributed by atoms with Crippen molar-refractivity contribution in [2.45, 2.75) is 36.6 Å². The normalized spacial score (nSPS) is 20.2. The van der Waals surface area contributed by atoms with Crippen molar-refractivity contribution >= 4 is 33.2 Å². The van der Waals surface area contributed by atoms with Crippen LogP contribution in [0.2, 0.25) is 5.02 Å². The van der Waals surface area contributed by atoms with Crippen molar-refractivity contribution in [3.8, 4) is 0 Å². The summed E-state index contributed by atoms with van der Waals surface area (Å²) in [4.78, 5) is 24.2. The zero-order valence-corrected chi connectivity index (χ0v) is 20.2. The van der Waals surface area contributed by atoms with Gasteiger partial charge >= 0.3 is 0 Å². The van der Waals surface area contributed by atoms with Crippen molar-refractivity contribution in [2.75, 3.05) is 38.2 Å². The monoisotopic (exact) mass is 509 g/mol. The number of sulfonamides is 1. The minimum atomic E-state index is -3.73. The zero-order chi connectivity index (χ0) is 24.3. The highest BCUT2D eigenvalue weighted by Gasteiger charge is 2.31. The Hall–Kier alpha value is -2.47. The molecule has 2 saturated heterocycles. The van der Waals surface area contributed by atoms with Gasteiger partial charge in [-0.1, -0.05) is 11.6 Å². The molecule has 1 aromatic heterocycles. The van der Waals surface area contributed by atoms with E-state index < -0.39 is 21.5 Å². The molecule has 184 valence electrons. The first-order chi connectivity index (χ1) is 16.3. The van der Waals surface area contributed by atoms with Crippen LogP contribution in [0.4, 0.5) is 5.69 Å². The number of primary amides is 1. The lowest BCUT2D eigenvalue weighted by Gasteiger charge is -2.31. The number of nitrogens with zero attached hydrogens (tertiary/aromatic N) is 3. The Labute approximate surface area is 203 Å². The summed E-state index contributed by atoms with van der Waals surface area (Å²) in [6.07, 6.45) is 4.48. The lowest BCUT2D eigenvalue weighted by atomic mass is 10.0. The molecule has 3 N–H and O–H groups in total. The van der Waals surface area contributed by atoms with Crippen molar-refractivity contribution in [3.05, 3.63) is 51.4 Å². The number of benzene rings is 1. The van der Waals surface area contributed by atoms with Gasteiger partial charge in [0, 0.05) is 31.8 Å². The third kappa shape index (κ3) is 5.27. The minimum absolute atomic E-state index is 0.0799. The van der Waals surface area contributed by atoms with Gasteiger partial charge in [0.25, 0.3) is 5.56 Å². The number of piperidine rings is 1. The van der Waals surface area contributed by atoms with E-state index in [4.69, 9.17) is 22.1 Å². The summed E-state index contributed by atoms with van der Waals surface area (Å²) in [7, 11) is -3.73. The number of carbonyl (C=O) groups is 1. The van der Waals surface area contributed by atoms with Crippen molar-refractivity contribution < 1.29 is 17.9 Å². The first-order valence-corrected chi connectivity index (χ1v) is 13.1. The van der Waals surface area contributed by atoms with E-state index in [1.807, 2.05) is 0 Å². The van der Waals surface area contributed by atoms with Crippen LogP contribution in [0.25, 0.3) is 0 Å². The molecule has 10 nitrogen and oxygen atoms in total. The van der Waals surface area contributed by atoms with Gasteiger partial charge in [-0.15, -0.1) is 0 Å². The number of carbonyl (C=O) groups excluding carboxylic acids is 1. The molecule has 1 amide bonds. The molecule has 12 heteroatoms. The highest BCUT2D eigenvalue weighted by molar-refractivity contribution is 7.89. The number of rotatable bonds is 7. The van der Waals surface area contributed by atoms with E-state index in [1.54, 1.807) is 6.20 Å². The predicted octanol–water partition coefficient (Wildman–Crippen LogP) is 1.86. The van der Waals surface area contributed by atoms with Gasteiger partial charge in [0.05, 0.1) is 29.4 Å². The zero-order valence-electron chi connectivity index (χ0n) is 18.7. The maximum Gasteiger partial charge on any atom is 0.287 e. The highest BCUT2D eigenvalue weighted by atomic mass is 35.5. The van der Waals surface area contributed by atoms with E-state index in [0.29, 0.717) is 37.6 Å². The number of aromatic nitrogens is 2. The topological polar surface area (TPSA) is 137 Å². The molecule has 34 heavy (non-hydrogen) atoms. The molecule has 1 atom stereocenters. The van der Waals surface area contributed by atoms with E-state index in [-0.39, 0.29) is 34.6 Å². The molecule has 4 rings (SSSR count). The highest BCUT2D eigenvalue weighted by Crippen LogP contribution is 2.27. The van der Waals surface area contributed by atoms with E-state index in [1.165, 1.54) is 33.3 Å². The number of ether oxygens (including phenoxy) is 1. The Balaban J connectivity index is 1.40. The summed E-state index contributed by atoms with van der Waals surface area (Å²) >= 11 is 6.35. The summed E-state index contributed by atoms with van der Waals surface area (Å²) in [6.45, 7) is 2.60. The van der Waals surface area contributed by atoms with E-state index in [2.05, 4.69) is 10.4 Å². The van der Waals surface area contributed by atoms with Crippen LogP contribution in [-0.2, 0) is 14.8 Å². The second kappa shape index (κ2) is 10.4. The molecule has 1 aromatic carbocycles. The summed E-state index contributed by atoms with van der Waals surface area (Å²) in [5.74, 6) is -0.254. The van der Waals surface area contributed by atoms with Gasteiger partial charge in [-0.3, -0.25) is 9.59 Å². The molecule has 2 fully saturated rings. The number of hydrogen-bond acceptors (Lipinski definition) is 7. The molecule has 0 unspecified atom stereocenters. The molecule has 2 aromatic rings. The van der Waals surface area contributed by atoms with E-state index in [9.17, 15) is 18.0 Å². The predicted molar refractivity (Wildman–Crippen MR) is 128 cm³/mol. The Morgan fingerprint density at radius 1 is 1.21 bits per heavy atom. The average molecular weight is 510 g/mol. The molecular formula is C22H28ClN5O5S. The average Bonchev–Trinajstić information content (AvgIpc) is 2.86. The van der Waals surface area contributed by atoms with Gasteiger partial charge < -0.3 is 15.8 Å². The quantitative estimate of drug-likeness (QED) is 0.581. The lowest BCUT2D eigenvalue weighted by molar-refractivity contribution is 0.0595. The Kier molecular flexibility index (Phi) is 7.56. The van der Waals surface area contributed by atoms with Crippen LogP contribution in [0.1, 0.15) is 42.1 Å². The van der Waals surface area contributed by atoms with Gasteiger partial charge in [-0.25, -0.2) is 13.1 Å². The fraction of sp³-hybridized carbons (Fsp3) is 0.500. The fourth-order valence-electron chi connectivity index (χ4n) is 4.32. The fourth-order valence-corrected chi connectivity index (χ4v) is 5.99. The SMILES string of the molecule is NC(=O)c1ccc(S(=O)(=O)N2CCC(n3ncc(NC[C@H]4CCCOC4)c(Cl)c3=O)CC2)cc1. The van der Waals surface area contributed by atoms with Crippen molar-refractivity contribution in [1.29, 1.82) is 0 Å². The van der Waals surface area contributed by atoms with Crippen LogP contribution in [-0.4, -0.2) is 61.3 Å². The smallest absolute Gasteiger partial charge is 0.287 e. The van der Waals surface area contributed by atoms with Crippen LogP contribution in [0.5, 0.6) is 0 Å². The molecule has 0 saturated carbocycles. The molecule has 0 bridgehead atoms. The molecule has 3 heterocycles. The standard InChI is InChI=1S/C22H28ClN5O5S/c23-20-19(25-12-15-2-1-11-33-14-15)13-26-28(22(20)30)17-7-9-27(10-8-17)34(31,32)18-5-3-16(4-6-18)21(24)29/h3-6,13,15,17,25H,1-2,7-12,14H2,(H2,24,29)/t15-/m1/s1. The number of amides is 1. The van der Waals surface area contributed by atoms with Crippen LogP contribution in [0, 0.1) is 5.92 Å². The summed E-state index contributed by atoms with van der Waals surface area (Å²) < 4.78 is 34.1. The van der Waals surface area contributed by atoms with Gasteiger partial charge in [0.2, 0.25) is 15.9 Å². The third-order valence-corrected chi connectivity index (χ3v) is 8.60. The maximum absolute atomic E-state index is 13.0. The minimum Gasteiger partial charge on any atom is -0.382 e. The van der Waals surface area contributed by atoms with Crippen molar-refractivity contribution in [1.82, 2.24) is 14.1 Å². The molecule has 0 radical (unpaired) electrons. The van der Waals surface area contributed by atoms with E-state index in [0.717, 1.165) is 19.4 Å². The third-order valence-electron chi connectivity index (χ3n) is 6.33. The van der Waals surface area contributed by atoms with Crippen molar-refractivity contribution in [3.63, 3.8) is 0 Å². The van der Waals surface area contributed by atoms with Crippen LogP contribution >= 0.6 is 11.6 Å². The molecule has 0 spiro atoms. The van der Waals surface area contributed by atoms with Gasteiger partial charge in [-0.05, 0) is 55.9 Å². The largest absolute Gasteiger partial charge is 0.382 e. The van der Waals surface area contributed by atoms with Crippen molar-refractivity contribution in [2.24, 2.45) is 11.7 Å². The number of nitrogens with one attached hydrogen (secondary N) is 1. The summed E-state index contributed by atoms with van der Waals surface area (Å²) in [5.41, 5.74) is 5.56. The van der Waals surface area contributed by atoms with Gasteiger partial charge in [0.15, 0.2) is 0 Å². The first-order valence-electron chi connectivity index (χ1n) is 11.3. The number of halogens is 1. The van der Waals surface area contributed by atoms with E-state index >= 15 is 0 Å². The number of nitrogens with two attached hydrogens (primary N) is 1. The Morgan fingerprint density at radius 2 is 1.91 bits per heavy atom. The lowest BCUT2D eigenvalue weighted by Crippen LogP contribution is -2.41. The molecule has 0 aliphatic carbocycles. The molecule has 2 aliphatic heterocycles. The maximum atomic E-state index is 13.0. The van der Waals surface area contributed by atoms with Gasteiger partial charge in [-0.2, -0.15) is 9.40 Å². The number of hydrogen-bond donors (Lipinski definition) is 2. The molecule has 2 aliphatic rings. The van der Waals surface area contributed by atoms with Crippen LogP contribution in [0.15, 0.2) is 40.2 Å². The molecular weight excluding hydrogens is 482 g/mol. The Bertz CT molecular complexity index is 1190. The number of anilines is 1. The van der Waals surface area contributed by atoms with Crippen LogP contribution < -0.4 is 16.6 Å². The first kappa shape index (κ1) is 24.6. The Morgan fingerprint density at radius 3 is 2.53 bits per heavy atom. The summed E-state index contributed by atoms with van der Waals surface area (Å²) in [6, 6.07) is 5.28.